The molecular weight excluding hydrogens is 277 g/mol. The first-order valence-electron chi connectivity index (χ1n) is 4.05. The van der Waals surface area contributed by atoms with Gasteiger partial charge in [-0.2, -0.15) is 0 Å². The zero-order chi connectivity index (χ0) is 10.0. The number of rotatable bonds is 1. The number of carbonyl (C=O) groups is 1. The van der Waals surface area contributed by atoms with Crippen LogP contribution in [-0.4, -0.2) is 5.91 Å². The molecule has 13 heavy (non-hydrogen) atoms. The first-order chi connectivity index (χ1) is 6.00. The standard InChI is InChI=1S/C10H12INO/c1-6-4-9(12-8(3)13)5-7(2)10(6)11/h4-5H,1-3H3,(H,12,13). The highest BCUT2D eigenvalue weighted by Gasteiger charge is 2.02. The summed E-state index contributed by atoms with van der Waals surface area (Å²) in [4.78, 5) is 10.8. The van der Waals surface area contributed by atoms with Gasteiger partial charge in [0.05, 0.1) is 0 Å². The van der Waals surface area contributed by atoms with Crippen molar-refractivity contribution in [1.29, 1.82) is 0 Å². The van der Waals surface area contributed by atoms with E-state index in [0.29, 0.717) is 0 Å². The summed E-state index contributed by atoms with van der Waals surface area (Å²) in [7, 11) is 0. The van der Waals surface area contributed by atoms with Crippen molar-refractivity contribution in [3.8, 4) is 0 Å². The van der Waals surface area contributed by atoms with E-state index in [-0.39, 0.29) is 5.91 Å². The summed E-state index contributed by atoms with van der Waals surface area (Å²) >= 11 is 2.31. The Bertz CT molecular complexity index is 324. The van der Waals surface area contributed by atoms with Crippen molar-refractivity contribution in [3.63, 3.8) is 0 Å². The second-order valence-electron chi connectivity index (χ2n) is 3.11. The predicted molar refractivity (Wildman–Crippen MR) is 62.9 cm³/mol. The summed E-state index contributed by atoms with van der Waals surface area (Å²) in [6, 6.07) is 3.96. The van der Waals surface area contributed by atoms with Crippen LogP contribution in [-0.2, 0) is 4.79 Å². The zero-order valence-corrected chi connectivity index (χ0v) is 10.1. The highest BCUT2D eigenvalue weighted by molar-refractivity contribution is 14.1. The van der Waals surface area contributed by atoms with Crippen molar-refractivity contribution in [3.05, 3.63) is 26.8 Å². The molecule has 0 heterocycles. The van der Waals surface area contributed by atoms with E-state index in [9.17, 15) is 4.79 Å². The molecule has 0 unspecified atom stereocenters. The summed E-state index contributed by atoms with van der Waals surface area (Å²) in [6.07, 6.45) is 0. The van der Waals surface area contributed by atoms with Gasteiger partial charge in [-0.25, -0.2) is 0 Å². The van der Waals surface area contributed by atoms with E-state index in [0.717, 1.165) is 5.69 Å². The van der Waals surface area contributed by atoms with Crippen LogP contribution in [0.15, 0.2) is 12.1 Å². The van der Waals surface area contributed by atoms with E-state index < -0.39 is 0 Å². The van der Waals surface area contributed by atoms with Gasteiger partial charge in [0.1, 0.15) is 0 Å². The van der Waals surface area contributed by atoms with Gasteiger partial charge < -0.3 is 5.32 Å². The highest BCUT2D eigenvalue weighted by atomic mass is 127. The SMILES string of the molecule is CC(=O)Nc1cc(C)c(I)c(C)c1. The molecule has 0 aliphatic carbocycles. The molecule has 1 N–H and O–H groups in total. The van der Waals surface area contributed by atoms with Crippen LogP contribution in [0.4, 0.5) is 5.69 Å². The van der Waals surface area contributed by atoms with Gasteiger partial charge in [-0.1, -0.05) is 0 Å². The van der Waals surface area contributed by atoms with Crippen LogP contribution in [0.2, 0.25) is 0 Å². The average Bonchev–Trinajstić information content (AvgIpc) is 1.98. The number of carbonyl (C=O) groups excluding carboxylic acids is 1. The van der Waals surface area contributed by atoms with Crippen LogP contribution in [0.1, 0.15) is 18.1 Å². The third-order valence-electron chi connectivity index (χ3n) is 1.76. The molecule has 0 aromatic heterocycles. The largest absolute Gasteiger partial charge is 0.326 e. The molecular formula is C10H12INO. The molecule has 0 saturated carbocycles. The molecule has 0 aliphatic heterocycles. The molecule has 70 valence electrons. The zero-order valence-electron chi connectivity index (χ0n) is 7.94. The fourth-order valence-electron chi connectivity index (χ4n) is 1.22. The Morgan fingerprint density at radius 1 is 1.31 bits per heavy atom. The summed E-state index contributed by atoms with van der Waals surface area (Å²) in [5.41, 5.74) is 3.27. The van der Waals surface area contributed by atoms with Crippen molar-refractivity contribution in [2.45, 2.75) is 20.8 Å². The summed E-state index contributed by atoms with van der Waals surface area (Å²) in [6.45, 7) is 5.60. The number of amides is 1. The van der Waals surface area contributed by atoms with Crippen molar-refractivity contribution < 1.29 is 4.79 Å². The topological polar surface area (TPSA) is 29.1 Å². The van der Waals surface area contributed by atoms with Gasteiger partial charge in [-0.15, -0.1) is 0 Å². The van der Waals surface area contributed by atoms with Crippen LogP contribution in [0.5, 0.6) is 0 Å². The Hall–Kier alpha value is -0.580. The summed E-state index contributed by atoms with van der Waals surface area (Å²) in [5.74, 6) is -0.0278. The number of hydrogen-bond donors (Lipinski definition) is 1. The molecule has 1 rings (SSSR count). The summed E-state index contributed by atoms with van der Waals surface area (Å²) in [5, 5.41) is 2.77. The quantitative estimate of drug-likeness (QED) is 0.791. The Morgan fingerprint density at radius 3 is 2.15 bits per heavy atom. The molecule has 1 aromatic carbocycles. The lowest BCUT2D eigenvalue weighted by molar-refractivity contribution is -0.114. The smallest absolute Gasteiger partial charge is 0.221 e. The molecule has 0 spiro atoms. The second kappa shape index (κ2) is 4.09. The van der Waals surface area contributed by atoms with Crippen molar-refractivity contribution in [2.75, 3.05) is 5.32 Å². The first kappa shape index (κ1) is 10.5. The lowest BCUT2D eigenvalue weighted by Gasteiger charge is -2.07. The van der Waals surface area contributed by atoms with Gasteiger partial charge in [0.25, 0.3) is 0 Å². The minimum Gasteiger partial charge on any atom is -0.326 e. The number of halogens is 1. The Morgan fingerprint density at radius 2 is 1.77 bits per heavy atom. The maximum atomic E-state index is 10.8. The highest BCUT2D eigenvalue weighted by Crippen LogP contribution is 2.21. The molecule has 1 amide bonds. The molecule has 0 bridgehead atoms. The van der Waals surface area contributed by atoms with Crippen LogP contribution < -0.4 is 5.32 Å². The predicted octanol–water partition coefficient (Wildman–Crippen LogP) is 2.87. The average molecular weight is 289 g/mol. The maximum Gasteiger partial charge on any atom is 0.221 e. The molecule has 0 radical (unpaired) electrons. The minimum atomic E-state index is -0.0278. The lowest BCUT2D eigenvalue weighted by Crippen LogP contribution is -2.06. The first-order valence-corrected chi connectivity index (χ1v) is 5.13. The molecule has 0 fully saturated rings. The van der Waals surface area contributed by atoms with Crippen molar-refractivity contribution >= 4 is 34.2 Å². The fraction of sp³-hybridized carbons (Fsp3) is 0.300. The van der Waals surface area contributed by atoms with Crippen molar-refractivity contribution in [2.24, 2.45) is 0 Å². The monoisotopic (exact) mass is 289 g/mol. The van der Waals surface area contributed by atoms with Crippen LogP contribution in [0.3, 0.4) is 0 Å². The van der Waals surface area contributed by atoms with E-state index in [4.69, 9.17) is 0 Å². The Kier molecular flexibility index (Phi) is 3.30. The number of aryl methyl sites for hydroxylation is 2. The van der Waals surface area contributed by atoms with Gasteiger partial charge in [-0.05, 0) is 59.7 Å². The van der Waals surface area contributed by atoms with Crippen LogP contribution in [0, 0.1) is 17.4 Å². The third kappa shape index (κ3) is 2.69. The number of nitrogens with one attached hydrogen (secondary N) is 1. The molecule has 2 nitrogen and oxygen atoms in total. The second-order valence-corrected chi connectivity index (χ2v) is 4.18. The van der Waals surface area contributed by atoms with E-state index in [1.165, 1.54) is 21.6 Å². The van der Waals surface area contributed by atoms with Gasteiger partial charge in [0, 0.05) is 16.2 Å². The lowest BCUT2D eigenvalue weighted by atomic mass is 10.1. The van der Waals surface area contributed by atoms with Gasteiger partial charge in [0.15, 0.2) is 0 Å². The van der Waals surface area contributed by atoms with Crippen molar-refractivity contribution in [1.82, 2.24) is 0 Å². The summed E-state index contributed by atoms with van der Waals surface area (Å²) < 4.78 is 1.26. The normalized spacial score (nSPS) is 9.85. The Labute approximate surface area is 91.9 Å². The maximum absolute atomic E-state index is 10.8. The number of hydrogen-bond acceptors (Lipinski definition) is 1. The molecule has 0 saturated heterocycles. The van der Waals surface area contributed by atoms with Crippen LogP contribution in [0.25, 0.3) is 0 Å². The molecule has 0 aliphatic rings. The molecule has 0 atom stereocenters. The van der Waals surface area contributed by atoms with E-state index >= 15 is 0 Å². The van der Waals surface area contributed by atoms with Gasteiger partial charge in [0.2, 0.25) is 5.91 Å². The number of anilines is 1. The van der Waals surface area contributed by atoms with E-state index in [2.05, 4.69) is 27.9 Å². The Balaban J connectivity index is 3.06. The third-order valence-corrected chi connectivity index (χ3v) is 3.46. The minimum absolute atomic E-state index is 0.0278. The van der Waals surface area contributed by atoms with Gasteiger partial charge >= 0.3 is 0 Å². The molecule has 1 aromatic rings. The number of benzene rings is 1. The van der Waals surface area contributed by atoms with E-state index in [1.54, 1.807) is 0 Å². The molecule has 3 heteroatoms. The van der Waals surface area contributed by atoms with Crippen LogP contribution >= 0.6 is 22.6 Å². The fourth-order valence-corrected chi connectivity index (χ4v) is 1.53. The van der Waals surface area contributed by atoms with E-state index in [1.807, 2.05) is 26.0 Å². The van der Waals surface area contributed by atoms with Gasteiger partial charge in [-0.3, -0.25) is 4.79 Å².